The molecule has 0 aliphatic heterocycles. The van der Waals surface area contributed by atoms with Crippen molar-refractivity contribution in [3.05, 3.63) is 63.6 Å². The third kappa shape index (κ3) is 7.62. The lowest BCUT2D eigenvalue weighted by molar-refractivity contribution is -0.142. The summed E-state index contributed by atoms with van der Waals surface area (Å²) < 4.78 is 6.00. The lowest BCUT2D eigenvalue weighted by atomic mass is 9.86. The fraction of sp³-hybridized carbons (Fsp3) is 0.500. The maximum Gasteiger partial charge on any atom is 0.261 e. The molecule has 1 N–H and O–H groups in total. The van der Waals surface area contributed by atoms with E-state index < -0.39 is 6.04 Å². The highest BCUT2D eigenvalue weighted by Gasteiger charge is 2.29. The third-order valence-corrected chi connectivity index (χ3v) is 7.11. The van der Waals surface area contributed by atoms with Crippen LogP contribution in [-0.4, -0.2) is 35.4 Å². The summed E-state index contributed by atoms with van der Waals surface area (Å²) in [4.78, 5) is 28.1. The fourth-order valence-electron chi connectivity index (χ4n) is 4.42. The van der Waals surface area contributed by atoms with Crippen LogP contribution in [-0.2, 0) is 21.5 Å². The number of nitrogens with zero attached hydrogens (tertiary/aromatic N) is 1. The highest BCUT2D eigenvalue weighted by atomic mass is 35.5. The molecular weight excluding hydrogens is 483 g/mol. The summed E-state index contributed by atoms with van der Waals surface area (Å²) in [5, 5.41) is 4.11. The van der Waals surface area contributed by atoms with Gasteiger partial charge in [0.1, 0.15) is 11.8 Å². The number of halogens is 2. The zero-order chi connectivity index (χ0) is 25.6. The Morgan fingerprint density at radius 1 is 1.09 bits per heavy atom. The van der Waals surface area contributed by atoms with Crippen LogP contribution in [0.1, 0.15) is 70.9 Å². The van der Waals surface area contributed by atoms with Gasteiger partial charge in [0, 0.05) is 22.6 Å². The van der Waals surface area contributed by atoms with Crippen molar-refractivity contribution < 1.29 is 14.3 Å². The van der Waals surface area contributed by atoms with E-state index in [1.165, 1.54) is 11.3 Å². The molecule has 0 saturated heterocycles. The summed E-state index contributed by atoms with van der Waals surface area (Å²) in [5.74, 6) is 0.216. The second-order valence-electron chi connectivity index (χ2n) is 10.3. The van der Waals surface area contributed by atoms with Crippen LogP contribution < -0.4 is 10.1 Å². The molecule has 7 heteroatoms. The van der Waals surface area contributed by atoms with Gasteiger partial charge in [-0.25, -0.2) is 0 Å². The van der Waals surface area contributed by atoms with E-state index in [4.69, 9.17) is 27.9 Å². The van der Waals surface area contributed by atoms with E-state index in [0.29, 0.717) is 15.8 Å². The van der Waals surface area contributed by atoms with Crippen LogP contribution in [0.25, 0.3) is 0 Å². The molecule has 0 spiro atoms. The first-order valence-electron chi connectivity index (χ1n) is 12.3. The Morgan fingerprint density at radius 3 is 2.43 bits per heavy atom. The highest BCUT2D eigenvalue weighted by molar-refractivity contribution is 6.35. The molecule has 0 radical (unpaired) electrons. The molecule has 2 amide bonds. The fourth-order valence-corrected chi connectivity index (χ4v) is 4.89. The number of carbonyl (C=O) groups excluding carboxylic acids is 2. The number of hydrogen-bond donors (Lipinski definition) is 1. The molecule has 35 heavy (non-hydrogen) atoms. The predicted octanol–water partition coefficient (Wildman–Crippen LogP) is 6.54. The normalized spacial score (nSPS) is 15.4. The number of nitrogens with one attached hydrogen (secondary N) is 1. The zero-order valence-electron chi connectivity index (χ0n) is 21.1. The topological polar surface area (TPSA) is 58.6 Å². The van der Waals surface area contributed by atoms with Crippen LogP contribution in [0.3, 0.4) is 0 Å². The van der Waals surface area contributed by atoms with Gasteiger partial charge in [-0.15, -0.1) is 0 Å². The van der Waals surface area contributed by atoms with Crippen molar-refractivity contribution in [1.82, 2.24) is 10.2 Å². The molecule has 3 rings (SSSR count). The van der Waals surface area contributed by atoms with Gasteiger partial charge in [0.2, 0.25) is 5.91 Å². The lowest BCUT2D eigenvalue weighted by Crippen LogP contribution is -2.51. The van der Waals surface area contributed by atoms with Gasteiger partial charge >= 0.3 is 0 Å². The van der Waals surface area contributed by atoms with Gasteiger partial charge in [-0.1, -0.05) is 87.5 Å². The molecule has 1 aliphatic carbocycles. The molecule has 1 atom stereocenters. The first-order valence-corrected chi connectivity index (χ1v) is 13.1. The van der Waals surface area contributed by atoms with Gasteiger partial charge in [-0.2, -0.15) is 0 Å². The third-order valence-electron chi connectivity index (χ3n) is 6.52. The van der Waals surface area contributed by atoms with Crippen molar-refractivity contribution >= 4 is 35.0 Å². The average molecular weight is 520 g/mol. The molecule has 2 aromatic rings. The second-order valence-corrected chi connectivity index (χ2v) is 11.2. The van der Waals surface area contributed by atoms with Crippen LogP contribution in [0.4, 0.5) is 0 Å². The molecule has 190 valence electrons. The molecule has 1 saturated carbocycles. The van der Waals surface area contributed by atoms with E-state index in [1.807, 2.05) is 24.3 Å². The molecule has 1 aliphatic rings. The lowest BCUT2D eigenvalue weighted by Gasteiger charge is -2.31. The first kappa shape index (κ1) is 27.3. The smallest absolute Gasteiger partial charge is 0.261 e. The Kier molecular flexibility index (Phi) is 9.48. The van der Waals surface area contributed by atoms with Crippen LogP contribution in [0.5, 0.6) is 5.75 Å². The summed E-state index contributed by atoms with van der Waals surface area (Å²) in [6.45, 7) is 8.05. The van der Waals surface area contributed by atoms with Gasteiger partial charge in [0.15, 0.2) is 6.61 Å². The van der Waals surface area contributed by atoms with Gasteiger partial charge in [-0.3, -0.25) is 9.59 Å². The van der Waals surface area contributed by atoms with Gasteiger partial charge in [-0.05, 0) is 54.5 Å². The Labute approximate surface area is 219 Å². The molecule has 5 nitrogen and oxygen atoms in total. The van der Waals surface area contributed by atoms with E-state index in [1.54, 1.807) is 25.1 Å². The van der Waals surface area contributed by atoms with Gasteiger partial charge < -0.3 is 15.0 Å². The highest BCUT2D eigenvalue weighted by Crippen LogP contribution is 2.31. The largest absolute Gasteiger partial charge is 0.483 e. The maximum absolute atomic E-state index is 13.5. The molecule has 2 aromatic carbocycles. The minimum Gasteiger partial charge on any atom is -0.483 e. The van der Waals surface area contributed by atoms with Crippen molar-refractivity contribution in [2.75, 3.05) is 6.61 Å². The summed E-state index contributed by atoms with van der Waals surface area (Å²) in [5.41, 5.74) is 1.60. The quantitative estimate of drug-likeness (QED) is 0.431. The minimum atomic E-state index is -0.683. The van der Waals surface area contributed by atoms with Crippen molar-refractivity contribution in [3.8, 4) is 5.75 Å². The van der Waals surface area contributed by atoms with Gasteiger partial charge in [0.25, 0.3) is 5.91 Å². The van der Waals surface area contributed by atoms with Crippen LogP contribution in [0.15, 0.2) is 42.5 Å². The summed E-state index contributed by atoms with van der Waals surface area (Å²) in [6, 6.07) is 12.4. The minimum absolute atomic E-state index is 0.136. The summed E-state index contributed by atoms with van der Waals surface area (Å²) in [6.07, 6.45) is 5.38. The monoisotopic (exact) mass is 518 g/mol. The number of para-hydroxylation sites is 1. The van der Waals surface area contributed by atoms with E-state index >= 15 is 0 Å². The van der Waals surface area contributed by atoms with E-state index in [0.717, 1.165) is 36.8 Å². The maximum atomic E-state index is 13.5. The number of carbonyl (C=O) groups is 2. The predicted molar refractivity (Wildman–Crippen MR) is 142 cm³/mol. The molecule has 1 fully saturated rings. The Hall–Kier alpha value is -2.24. The molecular formula is C28H36Cl2N2O3. The number of rotatable bonds is 8. The molecule has 0 bridgehead atoms. The van der Waals surface area contributed by atoms with Crippen molar-refractivity contribution in [2.45, 2.75) is 83.8 Å². The van der Waals surface area contributed by atoms with Crippen molar-refractivity contribution in [3.63, 3.8) is 0 Å². The van der Waals surface area contributed by atoms with E-state index in [-0.39, 0.29) is 36.4 Å². The van der Waals surface area contributed by atoms with Crippen LogP contribution >= 0.6 is 23.2 Å². The molecule has 0 aromatic heterocycles. The van der Waals surface area contributed by atoms with Crippen LogP contribution in [0, 0.1) is 0 Å². The second kappa shape index (κ2) is 12.1. The zero-order valence-corrected chi connectivity index (χ0v) is 22.6. The van der Waals surface area contributed by atoms with Gasteiger partial charge in [0.05, 0.1) is 0 Å². The van der Waals surface area contributed by atoms with E-state index in [9.17, 15) is 9.59 Å². The Balaban J connectivity index is 1.78. The van der Waals surface area contributed by atoms with E-state index in [2.05, 4.69) is 26.1 Å². The first-order chi connectivity index (χ1) is 16.6. The number of ether oxygens (including phenoxy) is 1. The van der Waals surface area contributed by atoms with Crippen molar-refractivity contribution in [2.24, 2.45) is 0 Å². The average Bonchev–Trinajstić information content (AvgIpc) is 2.82. The summed E-state index contributed by atoms with van der Waals surface area (Å²) in [7, 11) is 0. The number of amides is 2. The SMILES string of the molecule is C[C@@H](C(=O)NC1CCCCC1)N(Cc1ccc(Cl)cc1Cl)C(=O)COc1ccccc1C(C)(C)C. The standard InChI is InChI=1S/C28H36Cl2N2O3/c1-19(27(34)31-22-10-6-5-7-11-22)32(17-20-14-15-21(29)16-24(20)30)26(33)18-35-25-13-9-8-12-23(25)28(2,3)4/h8-9,12-16,19,22H,5-7,10-11,17-18H2,1-4H3,(H,31,34)/t19-/m0/s1. The Morgan fingerprint density at radius 2 is 1.77 bits per heavy atom. The number of benzene rings is 2. The van der Waals surface area contributed by atoms with Crippen molar-refractivity contribution in [1.29, 1.82) is 0 Å². The molecule has 0 heterocycles. The Bertz CT molecular complexity index is 1030. The molecule has 0 unspecified atom stereocenters. The summed E-state index contributed by atoms with van der Waals surface area (Å²) >= 11 is 12.5. The van der Waals surface area contributed by atoms with Crippen LogP contribution in [0.2, 0.25) is 10.0 Å². The number of hydrogen-bond acceptors (Lipinski definition) is 3.